The lowest BCUT2D eigenvalue weighted by atomic mass is 9.86. The molecule has 1 heterocycles. The molecule has 1 amide bonds. The van der Waals surface area contributed by atoms with Crippen molar-refractivity contribution in [1.82, 2.24) is 0 Å². The highest BCUT2D eigenvalue weighted by molar-refractivity contribution is 6.30. The molecule has 3 aromatic carbocycles. The predicted octanol–water partition coefficient (Wildman–Crippen LogP) is 6.94. The lowest BCUT2D eigenvalue weighted by Crippen LogP contribution is -2.41. The Morgan fingerprint density at radius 2 is 1.55 bits per heavy atom. The highest BCUT2D eigenvalue weighted by Crippen LogP contribution is 2.43. The minimum Gasteiger partial charge on any atom is -0.490 e. The fourth-order valence-corrected chi connectivity index (χ4v) is 4.51. The average molecular weight is 464 g/mol. The molecule has 172 valence electrons. The Kier molecular flexibility index (Phi) is 6.94. The van der Waals surface area contributed by atoms with Crippen LogP contribution in [-0.4, -0.2) is 19.1 Å². The Morgan fingerprint density at radius 1 is 0.939 bits per heavy atom. The molecule has 3 aromatic rings. The lowest BCUT2D eigenvalue weighted by Gasteiger charge is -2.38. The van der Waals surface area contributed by atoms with Crippen LogP contribution in [0.1, 0.15) is 61.9 Å². The number of carbonyl (C=O) groups excluding carboxylic acids is 1. The van der Waals surface area contributed by atoms with E-state index in [9.17, 15) is 4.79 Å². The van der Waals surface area contributed by atoms with Gasteiger partial charge in [-0.05, 0) is 78.4 Å². The molecule has 0 N–H and O–H groups in total. The molecule has 0 fully saturated rings. The number of amides is 1. The predicted molar refractivity (Wildman–Crippen MR) is 134 cm³/mol. The van der Waals surface area contributed by atoms with Gasteiger partial charge in [0.05, 0.1) is 25.7 Å². The number of halogens is 1. The van der Waals surface area contributed by atoms with Gasteiger partial charge in [-0.25, -0.2) is 0 Å². The molecule has 0 spiro atoms. The van der Waals surface area contributed by atoms with Crippen LogP contribution < -0.4 is 14.4 Å². The third-order valence-electron chi connectivity index (χ3n) is 5.99. The van der Waals surface area contributed by atoms with Crippen molar-refractivity contribution in [3.63, 3.8) is 0 Å². The monoisotopic (exact) mass is 463 g/mol. The maximum Gasteiger partial charge on any atom is 0.232 e. The standard InChI is InChI=1S/C28H30ClNO3/c1-5-32-25-15-21-16-27(31)30(23-13-9-19(10-14-23)18(3)4)28(20-7-11-22(29)12-8-20)24(21)17-26(25)33-6-2/h7-15,17-18,28H,5-6,16H2,1-4H3/t28-/m0/s1. The van der Waals surface area contributed by atoms with Crippen LogP contribution in [0, 0.1) is 0 Å². The summed E-state index contributed by atoms with van der Waals surface area (Å²) in [4.78, 5) is 15.4. The molecular weight excluding hydrogens is 434 g/mol. The van der Waals surface area contributed by atoms with Crippen LogP contribution in [0.2, 0.25) is 5.02 Å². The summed E-state index contributed by atoms with van der Waals surface area (Å²) in [6.07, 6.45) is 0.303. The smallest absolute Gasteiger partial charge is 0.232 e. The van der Waals surface area contributed by atoms with Gasteiger partial charge in [0.25, 0.3) is 0 Å². The zero-order chi connectivity index (χ0) is 23.5. The maximum atomic E-state index is 13.5. The zero-order valence-electron chi connectivity index (χ0n) is 19.6. The van der Waals surface area contributed by atoms with Crippen molar-refractivity contribution in [2.45, 2.75) is 46.1 Å². The van der Waals surface area contributed by atoms with Crippen LogP contribution in [0.5, 0.6) is 11.5 Å². The van der Waals surface area contributed by atoms with E-state index in [1.54, 1.807) is 0 Å². The normalized spacial score (nSPS) is 15.5. The maximum absolute atomic E-state index is 13.5. The number of hydrogen-bond donors (Lipinski definition) is 0. The Bertz CT molecular complexity index is 1120. The molecule has 0 bridgehead atoms. The molecule has 4 nitrogen and oxygen atoms in total. The van der Waals surface area contributed by atoms with E-state index in [-0.39, 0.29) is 11.9 Å². The number of hydrogen-bond acceptors (Lipinski definition) is 3. The second-order valence-electron chi connectivity index (χ2n) is 8.50. The molecule has 0 aromatic heterocycles. The summed E-state index contributed by atoms with van der Waals surface area (Å²) >= 11 is 6.18. The van der Waals surface area contributed by atoms with Crippen molar-refractivity contribution in [3.05, 3.63) is 87.9 Å². The summed E-state index contributed by atoms with van der Waals surface area (Å²) in [6, 6.07) is 19.7. The van der Waals surface area contributed by atoms with Gasteiger partial charge in [0.15, 0.2) is 11.5 Å². The number of ether oxygens (including phenoxy) is 2. The van der Waals surface area contributed by atoms with Gasteiger partial charge in [-0.2, -0.15) is 0 Å². The molecule has 1 atom stereocenters. The number of nitrogens with zero attached hydrogens (tertiary/aromatic N) is 1. The quantitative estimate of drug-likeness (QED) is 0.381. The van der Waals surface area contributed by atoms with E-state index in [0.29, 0.717) is 42.1 Å². The van der Waals surface area contributed by atoms with Crippen LogP contribution in [0.3, 0.4) is 0 Å². The average Bonchev–Trinajstić information content (AvgIpc) is 2.80. The summed E-state index contributed by atoms with van der Waals surface area (Å²) in [6.45, 7) is 9.29. The molecule has 5 heteroatoms. The third kappa shape index (κ3) is 4.72. The molecule has 1 aliphatic heterocycles. The van der Waals surface area contributed by atoms with Gasteiger partial charge in [0.1, 0.15) is 0 Å². The van der Waals surface area contributed by atoms with Crippen molar-refractivity contribution < 1.29 is 14.3 Å². The minimum absolute atomic E-state index is 0.0476. The number of rotatable bonds is 7. The topological polar surface area (TPSA) is 38.8 Å². The number of fused-ring (bicyclic) bond motifs is 1. The van der Waals surface area contributed by atoms with Crippen molar-refractivity contribution in [1.29, 1.82) is 0 Å². The summed E-state index contributed by atoms with van der Waals surface area (Å²) in [5.74, 6) is 1.85. The molecule has 0 saturated carbocycles. The fourth-order valence-electron chi connectivity index (χ4n) is 4.38. The lowest BCUT2D eigenvalue weighted by molar-refractivity contribution is -0.118. The largest absolute Gasteiger partial charge is 0.490 e. The van der Waals surface area contributed by atoms with E-state index in [1.165, 1.54) is 5.56 Å². The first-order valence-corrected chi connectivity index (χ1v) is 11.9. The van der Waals surface area contributed by atoms with Gasteiger partial charge in [0.2, 0.25) is 5.91 Å². The van der Waals surface area contributed by atoms with E-state index in [1.807, 2.05) is 67.3 Å². The van der Waals surface area contributed by atoms with Crippen molar-refractivity contribution in [3.8, 4) is 11.5 Å². The van der Waals surface area contributed by atoms with E-state index >= 15 is 0 Å². The Balaban J connectivity index is 1.88. The molecule has 4 rings (SSSR count). The summed E-state index contributed by atoms with van der Waals surface area (Å²) in [5.41, 5.74) is 5.11. The van der Waals surface area contributed by atoms with E-state index < -0.39 is 0 Å². The number of anilines is 1. The first-order valence-electron chi connectivity index (χ1n) is 11.5. The fraction of sp³-hybridized carbons (Fsp3) is 0.321. The van der Waals surface area contributed by atoms with Crippen LogP contribution in [-0.2, 0) is 11.2 Å². The zero-order valence-corrected chi connectivity index (χ0v) is 20.4. The molecular formula is C28H30ClNO3. The number of carbonyl (C=O) groups is 1. The van der Waals surface area contributed by atoms with Gasteiger partial charge in [-0.15, -0.1) is 0 Å². The molecule has 0 unspecified atom stereocenters. The van der Waals surface area contributed by atoms with Crippen LogP contribution in [0.15, 0.2) is 60.7 Å². The van der Waals surface area contributed by atoms with Crippen molar-refractivity contribution in [2.75, 3.05) is 18.1 Å². The Labute approximate surface area is 201 Å². The molecule has 0 radical (unpaired) electrons. The number of benzene rings is 3. The summed E-state index contributed by atoms with van der Waals surface area (Å²) in [7, 11) is 0. The molecule has 0 saturated heterocycles. The van der Waals surface area contributed by atoms with E-state index in [0.717, 1.165) is 22.4 Å². The SMILES string of the molecule is CCOc1cc2c(cc1OCC)[C@H](c1ccc(Cl)cc1)N(c1ccc(C(C)C)cc1)C(=O)C2. The van der Waals surface area contributed by atoms with Crippen molar-refractivity contribution in [2.24, 2.45) is 0 Å². The second-order valence-corrected chi connectivity index (χ2v) is 8.94. The van der Waals surface area contributed by atoms with Crippen molar-refractivity contribution >= 4 is 23.2 Å². The first-order chi connectivity index (χ1) is 15.9. The summed E-state index contributed by atoms with van der Waals surface area (Å²) < 4.78 is 11.7. The highest BCUT2D eigenvalue weighted by Gasteiger charge is 2.36. The van der Waals surface area contributed by atoms with E-state index in [4.69, 9.17) is 21.1 Å². The summed E-state index contributed by atoms with van der Waals surface area (Å²) in [5, 5.41) is 0.663. The van der Waals surface area contributed by atoms with Crippen LogP contribution in [0.4, 0.5) is 5.69 Å². The Hall–Kier alpha value is -2.98. The van der Waals surface area contributed by atoms with Gasteiger partial charge in [0, 0.05) is 10.7 Å². The Morgan fingerprint density at radius 3 is 2.12 bits per heavy atom. The van der Waals surface area contributed by atoms with Crippen LogP contribution >= 0.6 is 11.6 Å². The molecule has 1 aliphatic rings. The molecule has 33 heavy (non-hydrogen) atoms. The highest BCUT2D eigenvalue weighted by atomic mass is 35.5. The van der Waals surface area contributed by atoms with Gasteiger partial charge in [-0.1, -0.05) is 49.7 Å². The minimum atomic E-state index is -0.293. The van der Waals surface area contributed by atoms with E-state index in [2.05, 4.69) is 26.0 Å². The second kappa shape index (κ2) is 9.88. The van der Waals surface area contributed by atoms with Gasteiger partial charge in [-0.3, -0.25) is 4.79 Å². The van der Waals surface area contributed by atoms with Crippen LogP contribution in [0.25, 0.3) is 0 Å². The van der Waals surface area contributed by atoms with Gasteiger partial charge >= 0.3 is 0 Å². The first kappa shape index (κ1) is 23.2. The van der Waals surface area contributed by atoms with Gasteiger partial charge < -0.3 is 14.4 Å². The molecule has 0 aliphatic carbocycles. The third-order valence-corrected chi connectivity index (χ3v) is 6.24.